The van der Waals surface area contributed by atoms with Crippen LogP contribution in [0.15, 0.2) is 0 Å². The smallest absolute Gasteiger partial charge is 0.0952 e. The van der Waals surface area contributed by atoms with Crippen molar-refractivity contribution in [3.8, 4) is 0 Å². The molecule has 0 radical (unpaired) electrons. The minimum atomic E-state index is 0.664. The van der Waals surface area contributed by atoms with Crippen molar-refractivity contribution in [1.29, 1.82) is 5.41 Å². The maximum Gasteiger partial charge on any atom is 0.0952 e. The van der Waals surface area contributed by atoms with Crippen molar-refractivity contribution in [3.63, 3.8) is 0 Å². The molecule has 1 atom stereocenters. The van der Waals surface area contributed by atoms with Gasteiger partial charge in [0.05, 0.1) is 5.84 Å². The van der Waals surface area contributed by atoms with Crippen LogP contribution >= 0.6 is 0 Å². The molecule has 3 nitrogen and oxygen atoms in total. The average molecular weight is 183 g/mol. The van der Waals surface area contributed by atoms with E-state index >= 15 is 0 Å². The van der Waals surface area contributed by atoms with Gasteiger partial charge in [-0.15, -0.1) is 0 Å². The Hall–Kier alpha value is -0.570. The van der Waals surface area contributed by atoms with Crippen LogP contribution in [0.25, 0.3) is 0 Å². The standard InChI is InChI=1S/C10H21N3/c1-4-10(11)13(3)8-9-6-5-7-12(9)2/h9,11H,4-8H2,1-3H3. The molecule has 76 valence electrons. The molecular formula is C10H21N3. The van der Waals surface area contributed by atoms with Gasteiger partial charge < -0.3 is 9.80 Å². The quantitative estimate of drug-likeness (QED) is 0.529. The Kier molecular flexibility index (Phi) is 3.72. The second-order valence-corrected chi connectivity index (χ2v) is 3.96. The second kappa shape index (κ2) is 4.61. The van der Waals surface area contributed by atoms with Gasteiger partial charge in [0.25, 0.3) is 0 Å². The Morgan fingerprint density at radius 1 is 1.62 bits per heavy atom. The van der Waals surface area contributed by atoms with E-state index in [1.807, 2.05) is 14.0 Å². The fourth-order valence-corrected chi connectivity index (χ4v) is 1.91. The SMILES string of the molecule is CCC(=N)N(C)CC1CCCN1C. The number of hydrogen-bond acceptors (Lipinski definition) is 2. The summed E-state index contributed by atoms with van der Waals surface area (Å²) in [6.45, 7) is 4.28. The van der Waals surface area contributed by atoms with Crippen molar-refractivity contribution in [2.24, 2.45) is 0 Å². The Morgan fingerprint density at radius 2 is 2.31 bits per heavy atom. The van der Waals surface area contributed by atoms with Crippen LogP contribution in [0.5, 0.6) is 0 Å². The predicted octanol–water partition coefficient (Wildman–Crippen LogP) is 1.40. The first-order valence-electron chi connectivity index (χ1n) is 5.14. The van der Waals surface area contributed by atoms with E-state index in [0.29, 0.717) is 6.04 Å². The van der Waals surface area contributed by atoms with Gasteiger partial charge in [0.2, 0.25) is 0 Å². The highest BCUT2D eigenvalue weighted by Gasteiger charge is 2.22. The van der Waals surface area contributed by atoms with Gasteiger partial charge in [0, 0.05) is 26.1 Å². The third-order valence-corrected chi connectivity index (χ3v) is 2.95. The van der Waals surface area contributed by atoms with E-state index in [2.05, 4.69) is 16.8 Å². The van der Waals surface area contributed by atoms with Crippen LogP contribution in [0.3, 0.4) is 0 Å². The van der Waals surface area contributed by atoms with E-state index in [1.54, 1.807) is 0 Å². The lowest BCUT2D eigenvalue weighted by Crippen LogP contribution is -2.39. The van der Waals surface area contributed by atoms with Crippen molar-refractivity contribution in [2.45, 2.75) is 32.2 Å². The number of rotatable bonds is 3. The molecule has 1 heterocycles. The largest absolute Gasteiger partial charge is 0.362 e. The third kappa shape index (κ3) is 2.69. The van der Waals surface area contributed by atoms with Gasteiger partial charge in [-0.3, -0.25) is 5.41 Å². The summed E-state index contributed by atoms with van der Waals surface area (Å²) in [5.41, 5.74) is 0. The summed E-state index contributed by atoms with van der Waals surface area (Å²) in [5.74, 6) is 0.750. The molecule has 0 aromatic carbocycles. The number of nitrogens with zero attached hydrogens (tertiary/aromatic N) is 2. The summed E-state index contributed by atoms with van der Waals surface area (Å²) in [5, 5.41) is 7.68. The van der Waals surface area contributed by atoms with E-state index in [9.17, 15) is 0 Å². The van der Waals surface area contributed by atoms with Gasteiger partial charge in [-0.25, -0.2) is 0 Å². The molecule has 1 aliphatic rings. The van der Waals surface area contributed by atoms with Crippen molar-refractivity contribution in [3.05, 3.63) is 0 Å². The molecule has 0 saturated carbocycles. The zero-order valence-electron chi connectivity index (χ0n) is 9.01. The summed E-state index contributed by atoms with van der Waals surface area (Å²) >= 11 is 0. The van der Waals surface area contributed by atoms with Gasteiger partial charge in [-0.1, -0.05) is 6.92 Å². The molecule has 1 unspecified atom stereocenters. The molecule has 1 rings (SSSR count). The average Bonchev–Trinajstić information content (AvgIpc) is 2.50. The second-order valence-electron chi connectivity index (χ2n) is 3.96. The van der Waals surface area contributed by atoms with E-state index < -0.39 is 0 Å². The summed E-state index contributed by atoms with van der Waals surface area (Å²) in [6.07, 6.45) is 3.44. The molecule has 0 spiro atoms. The number of nitrogens with one attached hydrogen (secondary N) is 1. The van der Waals surface area contributed by atoms with Crippen molar-refractivity contribution in [1.82, 2.24) is 9.80 Å². The Balaban J connectivity index is 2.34. The van der Waals surface area contributed by atoms with Crippen LogP contribution in [0.1, 0.15) is 26.2 Å². The monoisotopic (exact) mass is 183 g/mol. The highest BCUT2D eigenvalue weighted by Crippen LogP contribution is 2.15. The Labute approximate surface area is 81.2 Å². The van der Waals surface area contributed by atoms with Crippen LogP contribution in [-0.4, -0.2) is 48.9 Å². The molecule has 1 fully saturated rings. The van der Waals surface area contributed by atoms with Crippen LogP contribution in [0, 0.1) is 5.41 Å². The molecule has 0 aromatic rings. The Bertz CT molecular complexity index is 179. The number of likely N-dealkylation sites (tertiary alicyclic amines) is 1. The van der Waals surface area contributed by atoms with Crippen LogP contribution in [0.4, 0.5) is 0 Å². The first kappa shape index (κ1) is 10.5. The highest BCUT2D eigenvalue weighted by atomic mass is 15.2. The van der Waals surface area contributed by atoms with E-state index in [1.165, 1.54) is 19.4 Å². The van der Waals surface area contributed by atoms with Crippen LogP contribution in [0.2, 0.25) is 0 Å². The molecule has 1 saturated heterocycles. The first-order chi connectivity index (χ1) is 6.15. The minimum Gasteiger partial charge on any atom is -0.362 e. The van der Waals surface area contributed by atoms with Crippen molar-refractivity contribution in [2.75, 3.05) is 27.2 Å². The molecular weight excluding hydrogens is 162 g/mol. The zero-order chi connectivity index (χ0) is 9.84. The Morgan fingerprint density at radius 3 is 2.77 bits per heavy atom. The fourth-order valence-electron chi connectivity index (χ4n) is 1.91. The molecule has 0 aromatic heterocycles. The molecule has 3 heteroatoms. The van der Waals surface area contributed by atoms with Crippen molar-refractivity contribution >= 4 is 5.84 Å². The molecule has 0 bridgehead atoms. The van der Waals surface area contributed by atoms with Gasteiger partial charge >= 0.3 is 0 Å². The van der Waals surface area contributed by atoms with E-state index in [-0.39, 0.29) is 0 Å². The lowest BCUT2D eigenvalue weighted by Gasteiger charge is -2.27. The predicted molar refractivity (Wildman–Crippen MR) is 56.3 cm³/mol. The molecule has 0 aliphatic carbocycles. The van der Waals surface area contributed by atoms with E-state index in [4.69, 9.17) is 5.41 Å². The molecule has 0 amide bonds. The maximum atomic E-state index is 7.68. The highest BCUT2D eigenvalue weighted by molar-refractivity contribution is 5.78. The summed E-state index contributed by atoms with van der Waals surface area (Å²) in [7, 11) is 4.21. The number of amidine groups is 1. The zero-order valence-corrected chi connectivity index (χ0v) is 9.01. The third-order valence-electron chi connectivity index (χ3n) is 2.95. The van der Waals surface area contributed by atoms with Crippen LogP contribution < -0.4 is 0 Å². The van der Waals surface area contributed by atoms with Gasteiger partial charge in [0.1, 0.15) is 0 Å². The molecule has 13 heavy (non-hydrogen) atoms. The first-order valence-corrected chi connectivity index (χ1v) is 5.14. The lowest BCUT2D eigenvalue weighted by atomic mass is 10.2. The molecule has 1 aliphatic heterocycles. The van der Waals surface area contributed by atoms with Gasteiger partial charge in [-0.2, -0.15) is 0 Å². The number of likely N-dealkylation sites (N-methyl/N-ethyl adjacent to an activating group) is 2. The van der Waals surface area contributed by atoms with Crippen LogP contribution in [-0.2, 0) is 0 Å². The normalized spacial score (nSPS) is 23.5. The lowest BCUT2D eigenvalue weighted by molar-refractivity contribution is 0.266. The summed E-state index contributed by atoms with van der Waals surface area (Å²) in [6, 6.07) is 0.664. The van der Waals surface area contributed by atoms with Gasteiger partial charge in [0.15, 0.2) is 0 Å². The van der Waals surface area contributed by atoms with Crippen molar-refractivity contribution < 1.29 is 0 Å². The maximum absolute atomic E-state index is 7.68. The van der Waals surface area contributed by atoms with E-state index in [0.717, 1.165) is 18.8 Å². The number of hydrogen-bond donors (Lipinski definition) is 1. The fraction of sp³-hybridized carbons (Fsp3) is 0.900. The minimum absolute atomic E-state index is 0.664. The molecule has 1 N–H and O–H groups in total. The summed E-state index contributed by atoms with van der Waals surface area (Å²) in [4.78, 5) is 4.48. The summed E-state index contributed by atoms with van der Waals surface area (Å²) < 4.78 is 0. The van der Waals surface area contributed by atoms with Gasteiger partial charge in [-0.05, 0) is 26.4 Å². The topological polar surface area (TPSA) is 30.3 Å².